The summed E-state index contributed by atoms with van der Waals surface area (Å²) < 4.78 is 5.06. The maximum atomic E-state index is 12.1. The normalized spacial score (nSPS) is 12.1. The quantitative estimate of drug-likeness (QED) is 0.851. The van der Waals surface area contributed by atoms with Crippen molar-refractivity contribution in [2.45, 2.75) is 26.8 Å². The molecular formula is C14H19NO4. The molecule has 5 heteroatoms. The van der Waals surface area contributed by atoms with Crippen molar-refractivity contribution in [2.75, 3.05) is 7.11 Å². The first-order chi connectivity index (χ1) is 8.86. The summed E-state index contributed by atoms with van der Waals surface area (Å²) in [5.74, 6) is -0.941. The van der Waals surface area contributed by atoms with Crippen molar-refractivity contribution >= 4 is 11.9 Å². The van der Waals surface area contributed by atoms with Gasteiger partial charge in [0.2, 0.25) is 0 Å². The van der Waals surface area contributed by atoms with Gasteiger partial charge in [0.1, 0.15) is 11.8 Å². The maximum Gasteiger partial charge on any atom is 0.326 e. The monoisotopic (exact) mass is 265 g/mol. The average Bonchev–Trinajstić information content (AvgIpc) is 2.34. The summed E-state index contributed by atoms with van der Waals surface area (Å²) in [6, 6.07) is 4.14. The average molecular weight is 265 g/mol. The summed E-state index contributed by atoms with van der Waals surface area (Å²) in [4.78, 5) is 23.1. The summed E-state index contributed by atoms with van der Waals surface area (Å²) in [7, 11) is 1.55. The van der Waals surface area contributed by atoms with Gasteiger partial charge in [-0.3, -0.25) is 4.79 Å². The Morgan fingerprint density at radius 2 is 1.95 bits per heavy atom. The van der Waals surface area contributed by atoms with Crippen LogP contribution in [0, 0.1) is 12.8 Å². The van der Waals surface area contributed by atoms with Gasteiger partial charge in [0.15, 0.2) is 0 Å². The lowest BCUT2D eigenvalue weighted by Crippen LogP contribution is -2.44. The first kappa shape index (κ1) is 15.0. The van der Waals surface area contributed by atoms with Crippen molar-refractivity contribution in [3.05, 3.63) is 29.3 Å². The number of amides is 1. The largest absolute Gasteiger partial charge is 0.497 e. The molecule has 0 aliphatic rings. The van der Waals surface area contributed by atoms with E-state index >= 15 is 0 Å². The number of carbonyl (C=O) groups excluding carboxylic acids is 1. The van der Waals surface area contributed by atoms with Crippen LogP contribution in [0.5, 0.6) is 5.75 Å². The Balaban J connectivity index is 2.91. The van der Waals surface area contributed by atoms with Gasteiger partial charge in [0.25, 0.3) is 5.91 Å². The van der Waals surface area contributed by atoms with Crippen molar-refractivity contribution in [3.63, 3.8) is 0 Å². The van der Waals surface area contributed by atoms with Crippen LogP contribution in [0.3, 0.4) is 0 Å². The molecular weight excluding hydrogens is 246 g/mol. The maximum absolute atomic E-state index is 12.1. The second kappa shape index (κ2) is 6.22. The van der Waals surface area contributed by atoms with Crippen LogP contribution >= 0.6 is 0 Å². The van der Waals surface area contributed by atoms with Gasteiger partial charge in [0, 0.05) is 5.56 Å². The molecule has 19 heavy (non-hydrogen) atoms. The third kappa shape index (κ3) is 3.71. The lowest BCUT2D eigenvalue weighted by atomic mass is 10.0. The third-order valence-electron chi connectivity index (χ3n) is 2.90. The van der Waals surface area contributed by atoms with Gasteiger partial charge in [-0.15, -0.1) is 0 Å². The van der Waals surface area contributed by atoms with E-state index in [0.717, 1.165) is 5.56 Å². The van der Waals surface area contributed by atoms with E-state index in [0.29, 0.717) is 11.3 Å². The molecule has 1 unspecified atom stereocenters. The number of benzene rings is 1. The molecule has 1 aromatic rings. The highest BCUT2D eigenvalue weighted by atomic mass is 16.5. The third-order valence-corrected chi connectivity index (χ3v) is 2.90. The fourth-order valence-corrected chi connectivity index (χ4v) is 1.75. The van der Waals surface area contributed by atoms with Gasteiger partial charge in [-0.2, -0.15) is 0 Å². The van der Waals surface area contributed by atoms with Gasteiger partial charge in [-0.1, -0.05) is 13.8 Å². The molecule has 0 bridgehead atoms. The van der Waals surface area contributed by atoms with Crippen molar-refractivity contribution < 1.29 is 19.4 Å². The molecule has 0 radical (unpaired) electrons. The SMILES string of the molecule is COc1ccc(C(=O)NC(C(=O)O)C(C)C)c(C)c1. The zero-order valence-corrected chi connectivity index (χ0v) is 11.6. The number of carboxylic acids is 1. The molecule has 0 aliphatic carbocycles. The molecule has 0 aromatic heterocycles. The van der Waals surface area contributed by atoms with Gasteiger partial charge < -0.3 is 15.2 Å². The van der Waals surface area contributed by atoms with E-state index in [1.165, 1.54) is 0 Å². The summed E-state index contributed by atoms with van der Waals surface area (Å²) in [5.41, 5.74) is 1.19. The Kier molecular flexibility index (Phi) is 4.92. The van der Waals surface area contributed by atoms with Gasteiger partial charge >= 0.3 is 5.97 Å². The summed E-state index contributed by atoms with van der Waals surface area (Å²) in [6.07, 6.45) is 0. The van der Waals surface area contributed by atoms with E-state index in [4.69, 9.17) is 9.84 Å². The first-order valence-corrected chi connectivity index (χ1v) is 6.05. The minimum atomic E-state index is -1.03. The molecule has 5 nitrogen and oxygen atoms in total. The Morgan fingerprint density at radius 3 is 2.37 bits per heavy atom. The smallest absolute Gasteiger partial charge is 0.326 e. The van der Waals surface area contributed by atoms with Crippen molar-refractivity contribution in [1.29, 1.82) is 0 Å². The summed E-state index contributed by atoms with van der Waals surface area (Å²) in [6.45, 7) is 5.28. The predicted molar refractivity (Wildman–Crippen MR) is 71.5 cm³/mol. The lowest BCUT2D eigenvalue weighted by molar-refractivity contribution is -0.140. The zero-order chi connectivity index (χ0) is 14.6. The van der Waals surface area contributed by atoms with Gasteiger partial charge in [-0.05, 0) is 36.6 Å². The van der Waals surface area contributed by atoms with Crippen molar-refractivity contribution in [2.24, 2.45) is 5.92 Å². The van der Waals surface area contributed by atoms with Crippen molar-refractivity contribution in [1.82, 2.24) is 5.32 Å². The van der Waals surface area contributed by atoms with Crippen LogP contribution < -0.4 is 10.1 Å². The lowest BCUT2D eigenvalue weighted by Gasteiger charge is -2.18. The van der Waals surface area contributed by atoms with E-state index in [-0.39, 0.29) is 11.8 Å². The predicted octanol–water partition coefficient (Wildman–Crippen LogP) is 1.84. The molecule has 1 aromatic carbocycles. The second-order valence-electron chi connectivity index (χ2n) is 4.71. The molecule has 0 saturated carbocycles. The summed E-state index contributed by atoms with van der Waals surface area (Å²) >= 11 is 0. The van der Waals surface area contributed by atoms with E-state index < -0.39 is 12.0 Å². The second-order valence-corrected chi connectivity index (χ2v) is 4.71. The highest BCUT2D eigenvalue weighted by Crippen LogP contribution is 2.17. The number of ether oxygens (including phenoxy) is 1. The number of hydrogen-bond acceptors (Lipinski definition) is 3. The number of hydrogen-bond donors (Lipinski definition) is 2. The number of aliphatic carboxylic acids is 1. The number of methoxy groups -OCH3 is 1. The minimum Gasteiger partial charge on any atom is -0.497 e. The number of carboxylic acid groups (broad SMARTS) is 1. The van der Waals surface area contributed by atoms with Gasteiger partial charge in [0.05, 0.1) is 7.11 Å². The zero-order valence-electron chi connectivity index (χ0n) is 11.6. The van der Waals surface area contributed by atoms with Crippen LogP contribution in [0.15, 0.2) is 18.2 Å². The van der Waals surface area contributed by atoms with E-state index in [2.05, 4.69) is 5.32 Å². The number of rotatable bonds is 5. The molecule has 1 rings (SSSR count). The highest BCUT2D eigenvalue weighted by Gasteiger charge is 2.24. The molecule has 1 atom stereocenters. The summed E-state index contributed by atoms with van der Waals surface area (Å²) in [5, 5.41) is 11.6. The van der Waals surface area contributed by atoms with Crippen molar-refractivity contribution in [3.8, 4) is 5.75 Å². The van der Waals surface area contributed by atoms with Crippen LogP contribution in [-0.4, -0.2) is 30.1 Å². The van der Waals surface area contributed by atoms with E-state index in [1.807, 2.05) is 0 Å². The number of carbonyl (C=O) groups is 2. The van der Waals surface area contributed by atoms with E-state index in [1.54, 1.807) is 46.1 Å². The highest BCUT2D eigenvalue weighted by molar-refractivity contribution is 5.98. The van der Waals surface area contributed by atoms with Crippen LogP contribution in [0.4, 0.5) is 0 Å². The molecule has 2 N–H and O–H groups in total. The van der Waals surface area contributed by atoms with E-state index in [9.17, 15) is 9.59 Å². The molecule has 104 valence electrons. The van der Waals surface area contributed by atoms with Crippen LogP contribution in [0.1, 0.15) is 29.8 Å². The fraction of sp³-hybridized carbons (Fsp3) is 0.429. The minimum absolute atomic E-state index is 0.181. The van der Waals surface area contributed by atoms with Crippen LogP contribution in [0.2, 0.25) is 0 Å². The number of nitrogens with one attached hydrogen (secondary N) is 1. The molecule has 0 saturated heterocycles. The molecule has 0 fully saturated rings. The van der Waals surface area contributed by atoms with Gasteiger partial charge in [-0.25, -0.2) is 4.79 Å². The first-order valence-electron chi connectivity index (χ1n) is 6.05. The molecule has 1 amide bonds. The topological polar surface area (TPSA) is 75.6 Å². The Morgan fingerprint density at radius 1 is 1.32 bits per heavy atom. The van der Waals surface area contributed by atoms with Crippen LogP contribution in [0.25, 0.3) is 0 Å². The Bertz CT molecular complexity index is 482. The van der Waals surface area contributed by atoms with Crippen LogP contribution in [-0.2, 0) is 4.79 Å². The molecule has 0 spiro atoms. The fourth-order valence-electron chi connectivity index (χ4n) is 1.75. The molecule has 0 aliphatic heterocycles. The molecule has 0 heterocycles. The standard InChI is InChI=1S/C14H19NO4/c1-8(2)12(14(17)18)15-13(16)11-6-5-10(19-4)7-9(11)3/h5-8,12H,1-4H3,(H,15,16)(H,17,18). The Hall–Kier alpha value is -2.04. The Labute approximate surface area is 112 Å². The number of aryl methyl sites for hydroxylation is 1.